The van der Waals surface area contributed by atoms with E-state index in [1.807, 2.05) is 43.3 Å². The van der Waals surface area contributed by atoms with Gasteiger partial charge in [0.1, 0.15) is 0 Å². The van der Waals surface area contributed by atoms with Gasteiger partial charge in [-0.15, -0.1) is 5.10 Å². The van der Waals surface area contributed by atoms with E-state index in [0.29, 0.717) is 34.8 Å². The molecule has 146 valence electrons. The van der Waals surface area contributed by atoms with Crippen molar-refractivity contribution in [1.82, 2.24) is 15.2 Å². The SMILES string of the molecule is COc1ccc(CCNc2nncc(Nc3cc(Cl)ccc3C)n2)cc1OC. The maximum absolute atomic E-state index is 6.06. The largest absolute Gasteiger partial charge is 0.493 e. The molecule has 3 aromatic rings. The minimum atomic E-state index is 0.449. The van der Waals surface area contributed by atoms with Gasteiger partial charge in [0.15, 0.2) is 17.3 Å². The molecule has 28 heavy (non-hydrogen) atoms. The van der Waals surface area contributed by atoms with Gasteiger partial charge in [0.05, 0.1) is 20.4 Å². The molecule has 0 fully saturated rings. The van der Waals surface area contributed by atoms with Gasteiger partial charge in [-0.1, -0.05) is 23.7 Å². The van der Waals surface area contributed by atoms with Gasteiger partial charge in [0.25, 0.3) is 0 Å². The zero-order chi connectivity index (χ0) is 19.9. The molecule has 2 aromatic carbocycles. The molecule has 0 spiro atoms. The molecule has 0 aliphatic rings. The van der Waals surface area contributed by atoms with Crippen LogP contribution in [0.2, 0.25) is 5.02 Å². The van der Waals surface area contributed by atoms with Crippen molar-refractivity contribution in [2.75, 3.05) is 31.4 Å². The van der Waals surface area contributed by atoms with E-state index in [1.165, 1.54) is 0 Å². The first-order valence-corrected chi connectivity index (χ1v) is 9.14. The van der Waals surface area contributed by atoms with Crippen LogP contribution >= 0.6 is 11.6 Å². The lowest BCUT2D eigenvalue weighted by Crippen LogP contribution is -2.10. The fourth-order valence-corrected chi connectivity index (χ4v) is 2.83. The second kappa shape index (κ2) is 9.23. The Balaban J connectivity index is 1.61. The van der Waals surface area contributed by atoms with Crippen LogP contribution in [0.4, 0.5) is 17.5 Å². The molecule has 0 saturated heterocycles. The lowest BCUT2D eigenvalue weighted by atomic mass is 10.1. The summed E-state index contributed by atoms with van der Waals surface area (Å²) in [7, 11) is 3.24. The average molecular weight is 400 g/mol. The Labute approximate surface area is 169 Å². The summed E-state index contributed by atoms with van der Waals surface area (Å²) in [6.45, 7) is 2.65. The van der Waals surface area contributed by atoms with Gasteiger partial charge in [-0.05, 0) is 48.7 Å². The molecule has 0 aliphatic heterocycles. The van der Waals surface area contributed by atoms with Gasteiger partial charge in [-0.3, -0.25) is 0 Å². The van der Waals surface area contributed by atoms with Crippen LogP contribution in [0.5, 0.6) is 11.5 Å². The Morgan fingerprint density at radius 1 is 1.04 bits per heavy atom. The second-order valence-corrected chi connectivity index (χ2v) is 6.55. The maximum atomic E-state index is 6.06. The Bertz CT molecular complexity index is 952. The van der Waals surface area contributed by atoms with Crippen LogP contribution in [0, 0.1) is 6.92 Å². The molecule has 0 radical (unpaired) electrons. The van der Waals surface area contributed by atoms with E-state index in [2.05, 4.69) is 25.8 Å². The zero-order valence-corrected chi connectivity index (χ0v) is 16.7. The number of nitrogens with zero attached hydrogens (tertiary/aromatic N) is 3. The third-order valence-electron chi connectivity index (χ3n) is 4.17. The fourth-order valence-electron chi connectivity index (χ4n) is 2.66. The molecule has 3 rings (SSSR count). The topological polar surface area (TPSA) is 81.2 Å². The molecule has 2 N–H and O–H groups in total. The number of benzene rings is 2. The van der Waals surface area contributed by atoms with Crippen molar-refractivity contribution < 1.29 is 9.47 Å². The predicted molar refractivity (Wildman–Crippen MR) is 111 cm³/mol. The van der Waals surface area contributed by atoms with Crippen LogP contribution in [0.15, 0.2) is 42.6 Å². The third kappa shape index (κ3) is 5.01. The molecule has 0 aliphatic carbocycles. The van der Waals surface area contributed by atoms with Crippen molar-refractivity contribution in [2.45, 2.75) is 13.3 Å². The van der Waals surface area contributed by atoms with Crippen LogP contribution < -0.4 is 20.1 Å². The zero-order valence-electron chi connectivity index (χ0n) is 16.0. The van der Waals surface area contributed by atoms with Gasteiger partial charge >= 0.3 is 0 Å². The quantitative estimate of drug-likeness (QED) is 0.586. The van der Waals surface area contributed by atoms with Gasteiger partial charge < -0.3 is 20.1 Å². The lowest BCUT2D eigenvalue weighted by Gasteiger charge is -2.11. The van der Waals surface area contributed by atoms with Crippen LogP contribution in [0.25, 0.3) is 0 Å². The number of methoxy groups -OCH3 is 2. The number of hydrogen-bond donors (Lipinski definition) is 2. The summed E-state index contributed by atoms with van der Waals surface area (Å²) >= 11 is 6.06. The number of aromatic nitrogens is 3. The number of halogens is 1. The Kier molecular flexibility index (Phi) is 6.49. The van der Waals surface area contributed by atoms with Gasteiger partial charge in [-0.25, -0.2) is 0 Å². The first kappa shape index (κ1) is 19.7. The Hall–Kier alpha value is -3.06. The number of nitrogens with one attached hydrogen (secondary N) is 2. The van der Waals surface area contributed by atoms with Crippen molar-refractivity contribution in [1.29, 1.82) is 0 Å². The van der Waals surface area contributed by atoms with Gasteiger partial charge in [-0.2, -0.15) is 10.1 Å². The number of anilines is 3. The smallest absolute Gasteiger partial charge is 0.244 e. The monoisotopic (exact) mass is 399 g/mol. The van der Waals surface area contributed by atoms with E-state index in [-0.39, 0.29) is 0 Å². The van der Waals surface area contributed by atoms with E-state index in [4.69, 9.17) is 21.1 Å². The highest BCUT2D eigenvalue weighted by Crippen LogP contribution is 2.27. The average Bonchev–Trinajstić information content (AvgIpc) is 2.71. The highest BCUT2D eigenvalue weighted by atomic mass is 35.5. The number of rotatable bonds is 8. The highest BCUT2D eigenvalue weighted by molar-refractivity contribution is 6.30. The minimum absolute atomic E-state index is 0.449. The summed E-state index contributed by atoms with van der Waals surface area (Å²) < 4.78 is 10.6. The van der Waals surface area contributed by atoms with E-state index < -0.39 is 0 Å². The Morgan fingerprint density at radius 3 is 2.64 bits per heavy atom. The van der Waals surface area contributed by atoms with Crippen LogP contribution in [0.1, 0.15) is 11.1 Å². The Morgan fingerprint density at radius 2 is 1.86 bits per heavy atom. The van der Waals surface area contributed by atoms with Crippen molar-refractivity contribution >= 4 is 29.1 Å². The van der Waals surface area contributed by atoms with Gasteiger partial charge in [0, 0.05) is 17.3 Å². The molecular weight excluding hydrogens is 378 g/mol. The molecule has 0 saturated carbocycles. The summed E-state index contributed by atoms with van der Waals surface area (Å²) in [5.74, 6) is 2.46. The van der Waals surface area contributed by atoms with E-state index in [1.54, 1.807) is 20.4 Å². The summed E-state index contributed by atoms with van der Waals surface area (Å²) in [5, 5.41) is 15.1. The third-order valence-corrected chi connectivity index (χ3v) is 4.40. The van der Waals surface area contributed by atoms with Crippen molar-refractivity contribution in [2.24, 2.45) is 0 Å². The predicted octanol–water partition coefficient (Wildman–Crippen LogP) is 4.25. The number of hydrogen-bond acceptors (Lipinski definition) is 7. The molecule has 0 unspecified atom stereocenters. The van der Waals surface area contributed by atoms with Crippen LogP contribution in [-0.2, 0) is 6.42 Å². The molecule has 0 bridgehead atoms. The fraction of sp³-hybridized carbons (Fsp3) is 0.250. The second-order valence-electron chi connectivity index (χ2n) is 6.12. The van der Waals surface area contributed by atoms with E-state index in [0.717, 1.165) is 23.2 Å². The van der Waals surface area contributed by atoms with Crippen molar-refractivity contribution in [3.05, 3.63) is 58.7 Å². The normalized spacial score (nSPS) is 10.4. The summed E-state index contributed by atoms with van der Waals surface area (Å²) in [6.07, 6.45) is 2.34. The first-order valence-electron chi connectivity index (χ1n) is 8.76. The molecular formula is C20H22ClN5O2. The molecule has 8 heteroatoms. The summed E-state index contributed by atoms with van der Waals surface area (Å²) in [4.78, 5) is 4.45. The van der Waals surface area contributed by atoms with Crippen LogP contribution in [0.3, 0.4) is 0 Å². The van der Waals surface area contributed by atoms with Crippen molar-refractivity contribution in [3.63, 3.8) is 0 Å². The highest BCUT2D eigenvalue weighted by Gasteiger charge is 2.06. The lowest BCUT2D eigenvalue weighted by molar-refractivity contribution is 0.354. The van der Waals surface area contributed by atoms with E-state index in [9.17, 15) is 0 Å². The summed E-state index contributed by atoms with van der Waals surface area (Å²) in [5.41, 5.74) is 3.05. The van der Waals surface area contributed by atoms with Crippen LogP contribution in [-0.4, -0.2) is 35.9 Å². The molecule has 1 heterocycles. The molecule has 1 aromatic heterocycles. The number of aryl methyl sites for hydroxylation is 1. The minimum Gasteiger partial charge on any atom is -0.493 e. The maximum Gasteiger partial charge on any atom is 0.244 e. The number of ether oxygens (including phenoxy) is 2. The molecule has 7 nitrogen and oxygen atoms in total. The molecule has 0 amide bonds. The standard InChI is InChI=1S/C20H22ClN5O2/c1-13-4-6-15(21)11-16(13)24-19-12-23-26-20(25-19)22-9-8-14-5-7-17(27-2)18(10-14)28-3/h4-7,10-12H,8-9H2,1-3H3,(H2,22,24,25,26). The van der Waals surface area contributed by atoms with E-state index >= 15 is 0 Å². The van der Waals surface area contributed by atoms with Gasteiger partial charge in [0.2, 0.25) is 5.95 Å². The molecule has 0 atom stereocenters. The first-order chi connectivity index (χ1) is 13.6. The van der Waals surface area contributed by atoms with Crippen molar-refractivity contribution in [3.8, 4) is 11.5 Å². The summed E-state index contributed by atoms with van der Waals surface area (Å²) in [6, 6.07) is 11.5.